The first-order chi connectivity index (χ1) is 11.4. The fourth-order valence-corrected chi connectivity index (χ4v) is 1.91. The summed E-state index contributed by atoms with van der Waals surface area (Å²) in [6.45, 7) is 2.41. The van der Waals surface area contributed by atoms with Crippen LogP contribution in [0.5, 0.6) is 11.5 Å². The van der Waals surface area contributed by atoms with Crippen LogP contribution in [0.1, 0.15) is 38.4 Å². The van der Waals surface area contributed by atoms with Crippen molar-refractivity contribution < 1.29 is 30.3 Å². The largest absolute Gasteiger partial charge is 0.506 e. The van der Waals surface area contributed by atoms with Gasteiger partial charge in [-0.2, -0.15) is 0 Å². The molecule has 2 aromatic rings. The van der Waals surface area contributed by atoms with E-state index in [1.165, 1.54) is 12.4 Å². The van der Waals surface area contributed by atoms with E-state index in [4.69, 9.17) is 15.3 Å². The van der Waals surface area contributed by atoms with Gasteiger partial charge in [0.1, 0.15) is 11.5 Å². The molecule has 0 aliphatic heterocycles. The Kier molecular flexibility index (Phi) is 12.5. The molecule has 0 radical (unpaired) electrons. The van der Waals surface area contributed by atoms with Gasteiger partial charge >= 0.3 is 0 Å². The van der Waals surface area contributed by atoms with E-state index in [1.807, 2.05) is 0 Å². The van der Waals surface area contributed by atoms with E-state index < -0.39 is 0 Å². The lowest BCUT2D eigenvalue weighted by Crippen LogP contribution is -1.98. The molecule has 0 saturated heterocycles. The summed E-state index contributed by atoms with van der Waals surface area (Å²) >= 11 is 0. The molecule has 2 aromatic heterocycles. The van der Waals surface area contributed by atoms with Gasteiger partial charge in [0.05, 0.1) is 36.8 Å². The van der Waals surface area contributed by atoms with Gasteiger partial charge in [-0.15, -0.1) is 24.8 Å². The Labute approximate surface area is 163 Å². The van der Waals surface area contributed by atoms with Crippen molar-refractivity contribution in [2.24, 2.45) is 0 Å². The molecule has 10 heteroatoms. The summed E-state index contributed by atoms with van der Waals surface area (Å²) in [5.74, 6) is -0.194. The van der Waals surface area contributed by atoms with Gasteiger partial charge < -0.3 is 25.5 Å². The molecule has 26 heavy (non-hydrogen) atoms. The number of halogens is 2. The number of aromatic nitrogens is 2. The van der Waals surface area contributed by atoms with Crippen LogP contribution in [0.4, 0.5) is 0 Å². The predicted molar refractivity (Wildman–Crippen MR) is 98.9 cm³/mol. The van der Waals surface area contributed by atoms with Crippen molar-refractivity contribution in [2.75, 3.05) is 0 Å². The van der Waals surface area contributed by atoms with Crippen LogP contribution < -0.4 is 0 Å². The molecular formula is C16H22Cl2N2O6. The van der Waals surface area contributed by atoms with Crippen LogP contribution in [0.15, 0.2) is 12.4 Å². The maximum atomic E-state index is 10.5. The van der Waals surface area contributed by atoms with Gasteiger partial charge in [0.25, 0.3) is 0 Å². The summed E-state index contributed by atoms with van der Waals surface area (Å²) in [5, 5.41) is 45.1. The van der Waals surface area contributed by atoms with E-state index in [1.54, 1.807) is 13.8 Å². The van der Waals surface area contributed by atoms with Crippen molar-refractivity contribution in [3.8, 4) is 11.5 Å². The van der Waals surface area contributed by atoms with Gasteiger partial charge in [-0.05, 0) is 13.8 Å². The Bertz CT molecular complexity index is 728. The van der Waals surface area contributed by atoms with E-state index in [-0.39, 0.29) is 61.7 Å². The normalized spacial score (nSPS) is 9.27. The van der Waals surface area contributed by atoms with Gasteiger partial charge in [0.2, 0.25) is 0 Å². The zero-order chi connectivity index (χ0) is 18.3. The monoisotopic (exact) mass is 408 g/mol. The number of aliphatic hydroxyl groups is 3. The van der Waals surface area contributed by atoms with E-state index in [0.29, 0.717) is 34.4 Å². The van der Waals surface area contributed by atoms with Crippen molar-refractivity contribution >= 4 is 31.1 Å². The van der Waals surface area contributed by atoms with Crippen molar-refractivity contribution in [3.05, 3.63) is 46.0 Å². The zero-order valence-electron chi connectivity index (χ0n) is 14.2. The Morgan fingerprint density at radius 3 is 1.73 bits per heavy atom. The summed E-state index contributed by atoms with van der Waals surface area (Å²) in [7, 11) is 0. The minimum absolute atomic E-state index is 0. The predicted octanol–water partition coefficient (Wildman–Crippen LogP) is 1.32. The lowest BCUT2D eigenvalue weighted by Gasteiger charge is -2.07. The first-order valence-corrected chi connectivity index (χ1v) is 7.02. The number of hydrogen-bond acceptors (Lipinski definition) is 8. The third kappa shape index (κ3) is 6.08. The van der Waals surface area contributed by atoms with Crippen molar-refractivity contribution in [2.45, 2.75) is 33.7 Å². The zero-order valence-corrected chi connectivity index (χ0v) is 15.8. The Morgan fingerprint density at radius 1 is 0.846 bits per heavy atom. The van der Waals surface area contributed by atoms with E-state index in [0.717, 1.165) is 0 Å². The summed E-state index contributed by atoms with van der Waals surface area (Å²) in [6.07, 6.45) is 3.33. The highest BCUT2D eigenvalue weighted by Gasteiger charge is 2.10. The molecule has 0 amide bonds. The molecule has 0 fully saturated rings. The molecule has 0 unspecified atom stereocenters. The number of rotatable bonds is 4. The van der Waals surface area contributed by atoms with Crippen LogP contribution in [0, 0.1) is 13.8 Å². The quantitative estimate of drug-likeness (QED) is 0.476. The Morgan fingerprint density at radius 2 is 1.31 bits per heavy atom. The smallest absolute Gasteiger partial charge is 0.154 e. The van der Waals surface area contributed by atoms with E-state index in [9.17, 15) is 15.0 Å². The van der Waals surface area contributed by atoms with Crippen LogP contribution in [0.2, 0.25) is 0 Å². The summed E-state index contributed by atoms with van der Waals surface area (Å²) in [6, 6.07) is 0. The third-order valence-corrected chi connectivity index (χ3v) is 3.40. The highest BCUT2D eigenvalue weighted by molar-refractivity contribution is 5.85. The van der Waals surface area contributed by atoms with Crippen molar-refractivity contribution in [1.29, 1.82) is 0 Å². The number of aromatic hydroxyl groups is 2. The number of hydrogen-bond donors (Lipinski definition) is 5. The number of carbonyl (C=O) groups excluding carboxylic acids is 1. The van der Waals surface area contributed by atoms with Gasteiger partial charge in [-0.3, -0.25) is 14.8 Å². The maximum absolute atomic E-state index is 10.5. The molecule has 0 atom stereocenters. The lowest BCUT2D eigenvalue weighted by molar-refractivity contribution is 0.111. The standard InChI is InChI=1S/C8H11NO3.C8H9NO3.2ClH/c2*1-5-8(12)7(4-11)6(3-10)2-9-5;;/h2,10-12H,3-4H2,1H3;2,4,10,12H,3H2,1H3;2*1H. The fraction of sp³-hybridized carbons (Fsp3) is 0.312. The molecule has 2 heterocycles. The van der Waals surface area contributed by atoms with Gasteiger partial charge in [0.15, 0.2) is 6.29 Å². The van der Waals surface area contributed by atoms with Crippen LogP contribution in [0.25, 0.3) is 0 Å². The van der Waals surface area contributed by atoms with Gasteiger partial charge in [-0.25, -0.2) is 0 Å². The molecule has 0 aliphatic rings. The molecule has 5 N–H and O–H groups in total. The number of aliphatic hydroxyl groups excluding tert-OH is 3. The SMILES string of the molecule is Cc1ncc(CO)c(C=O)c1O.Cc1ncc(CO)c(CO)c1O.Cl.Cl. The number of nitrogens with zero attached hydrogens (tertiary/aromatic N) is 2. The van der Waals surface area contributed by atoms with Crippen LogP contribution >= 0.6 is 24.8 Å². The molecule has 0 spiro atoms. The molecule has 0 aliphatic carbocycles. The third-order valence-electron chi connectivity index (χ3n) is 3.40. The van der Waals surface area contributed by atoms with Crippen molar-refractivity contribution in [3.63, 3.8) is 0 Å². The molecule has 0 aromatic carbocycles. The average Bonchev–Trinajstić information content (AvgIpc) is 2.59. The summed E-state index contributed by atoms with van der Waals surface area (Å²) in [5.41, 5.74) is 2.11. The molecule has 8 nitrogen and oxygen atoms in total. The second-order valence-electron chi connectivity index (χ2n) is 4.92. The molecular weight excluding hydrogens is 387 g/mol. The summed E-state index contributed by atoms with van der Waals surface area (Å²) < 4.78 is 0. The fourth-order valence-electron chi connectivity index (χ4n) is 1.91. The first-order valence-electron chi connectivity index (χ1n) is 7.02. The Balaban J connectivity index is 0. The molecule has 0 saturated carbocycles. The second kappa shape index (κ2) is 12.4. The lowest BCUT2D eigenvalue weighted by atomic mass is 10.1. The number of aldehydes is 1. The maximum Gasteiger partial charge on any atom is 0.154 e. The highest BCUT2D eigenvalue weighted by Crippen LogP contribution is 2.23. The minimum Gasteiger partial charge on any atom is -0.506 e. The van der Waals surface area contributed by atoms with Crippen molar-refractivity contribution in [1.82, 2.24) is 9.97 Å². The molecule has 0 bridgehead atoms. The first kappa shape index (κ1) is 26.3. The minimum atomic E-state index is -0.297. The topological polar surface area (TPSA) is 144 Å². The highest BCUT2D eigenvalue weighted by atomic mass is 35.5. The number of carbonyl (C=O) groups is 1. The Hall–Kier alpha value is -1.97. The van der Waals surface area contributed by atoms with Crippen LogP contribution in [0.3, 0.4) is 0 Å². The van der Waals surface area contributed by atoms with Crippen LogP contribution in [-0.2, 0) is 19.8 Å². The molecule has 2 rings (SSSR count). The number of aryl methyl sites for hydroxylation is 2. The molecule has 146 valence electrons. The summed E-state index contributed by atoms with van der Waals surface area (Å²) in [4.78, 5) is 18.1. The van der Waals surface area contributed by atoms with Gasteiger partial charge in [0, 0.05) is 29.1 Å². The van der Waals surface area contributed by atoms with Gasteiger partial charge in [-0.1, -0.05) is 0 Å². The average molecular weight is 409 g/mol. The van der Waals surface area contributed by atoms with Crippen LogP contribution in [-0.4, -0.2) is 41.8 Å². The van der Waals surface area contributed by atoms with E-state index >= 15 is 0 Å². The second-order valence-corrected chi connectivity index (χ2v) is 4.92. The van der Waals surface area contributed by atoms with E-state index in [2.05, 4.69) is 9.97 Å². The number of pyridine rings is 2.